The molecule has 1 aromatic rings. The van der Waals surface area contributed by atoms with E-state index in [1.54, 1.807) is 6.07 Å². The Morgan fingerprint density at radius 2 is 1.95 bits per heavy atom. The van der Waals surface area contributed by atoms with Crippen LogP contribution in [0, 0.1) is 5.82 Å². The highest BCUT2D eigenvalue weighted by Gasteiger charge is 2.29. The lowest BCUT2D eigenvalue weighted by Crippen LogP contribution is -2.49. The second kappa shape index (κ2) is 6.50. The topological polar surface area (TPSA) is 75.7 Å². The van der Waals surface area contributed by atoms with E-state index in [4.69, 9.17) is 4.74 Å². The van der Waals surface area contributed by atoms with Crippen LogP contribution in [0.4, 0.5) is 4.39 Å². The molecule has 116 valence electrons. The highest BCUT2D eigenvalue weighted by atomic mass is 32.2. The third-order valence-corrected chi connectivity index (χ3v) is 4.81. The van der Waals surface area contributed by atoms with E-state index in [0.29, 0.717) is 0 Å². The summed E-state index contributed by atoms with van der Waals surface area (Å²) in [4.78, 5) is 12.0. The third kappa shape index (κ3) is 3.78. The molecule has 1 atom stereocenters. The van der Waals surface area contributed by atoms with Gasteiger partial charge >= 0.3 is 10.2 Å². The molecule has 6 nitrogen and oxygen atoms in total. The van der Waals surface area contributed by atoms with Crippen LogP contribution < -0.4 is 4.72 Å². The second-order valence-corrected chi connectivity index (χ2v) is 6.40. The summed E-state index contributed by atoms with van der Waals surface area (Å²) in [6, 6.07) is 5.79. The number of carbonyl (C=O) groups excluding carboxylic acids is 1. The van der Waals surface area contributed by atoms with E-state index in [2.05, 4.69) is 0 Å². The minimum absolute atomic E-state index is 0.159. The van der Waals surface area contributed by atoms with Crippen molar-refractivity contribution in [2.24, 2.45) is 0 Å². The molecule has 0 bridgehead atoms. The summed E-state index contributed by atoms with van der Waals surface area (Å²) >= 11 is 0. The van der Waals surface area contributed by atoms with E-state index in [9.17, 15) is 17.6 Å². The molecule has 1 aliphatic heterocycles. The van der Waals surface area contributed by atoms with Crippen molar-refractivity contribution in [3.8, 4) is 0 Å². The van der Waals surface area contributed by atoms with Crippen molar-refractivity contribution in [2.45, 2.75) is 12.8 Å². The maximum absolute atomic E-state index is 13.6. The van der Waals surface area contributed by atoms with Crippen molar-refractivity contribution in [3.05, 3.63) is 35.6 Å². The van der Waals surface area contributed by atoms with E-state index >= 15 is 0 Å². The Morgan fingerprint density at radius 3 is 2.57 bits per heavy atom. The molecule has 1 saturated heterocycles. The monoisotopic (exact) mass is 316 g/mol. The van der Waals surface area contributed by atoms with Gasteiger partial charge in [-0.05, 0) is 18.6 Å². The zero-order valence-electron chi connectivity index (χ0n) is 11.6. The number of rotatable bonds is 4. The molecule has 0 aliphatic carbocycles. The van der Waals surface area contributed by atoms with Crippen molar-refractivity contribution in [1.29, 1.82) is 0 Å². The fraction of sp³-hybridized carbons (Fsp3) is 0.462. The molecule has 1 amide bonds. The maximum atomic E-state index is 13.6. The number of amides is 1. The van der Waals surface area contributed by atoms with Crippen LogP contribution in [0.5, 0.6) is 0 Å². The Kier molecular flexibility index (Phi) is 4.92. The molecule has 0 aromatic heterocycles. The lowest BCUT2D eigenvalue weighted by Gasteiger charge is -2.26. The van der Waals surface area contributed by atoms with Gasteiger partial charge in [-0.15, -0.1) is 0 Å². The molecule has 1 aliphatic rings. The van der Waals surface area contributed by atoms with E-state index < -0.39 is 27.9 Å². The minimum atomic E-state index is -3.92. The highest BCUT2D eigenvalue weighted by Crippen LogP contribution is 2.19. The van der Waals surface area contributed by atoms with Gasteiger partial charge in [-0.25, -0.2) is 9.11 Å². The average Bonchev–Trinajstić information content (AvgIpc) is 2.47. The van der Waals surface area contributed by atoms with Crippen LogP contribution in [-0.2, 0) is 19.7 Å². The van der Waals surface area contributed by atoms with Crippen LogP contribution in [-0.4, -0.2) is 44.9 Å². The van der Waals surface area contributed by atoms with Crippen molar-refractivity contribution in [3.63, 3.8) is 0 Å². The molecule has 21 heavy (non-hydrogen) atoms. The third-order valence-electron chi connectivity index (χ3n) is 3.30. The number of carbonyl (C=O) groups is 1. The lowest BCUT2D eigenvalue weighted by atomic mass is 10.0. The number of benzene rings is 1. The number of hydrogen-bond acceptors (Lipinski definition) is 4. The summed E-state index contributed by atoms with van der Waals surface area (Å²) in [5.41, 5.74) is 0.159. The molecule has 1 N–H and O–H groups in total. The average molecular weight is 316 g/mol. The molecular weight excluding hydrogens is 299 g/mol. The van der Waals surface area contributed by atoms with Gasteiger partial charge in [-0.3, -0.25) is 4.79 Å². The first-order chi connectivity index (χ1) is 9.92. The molecule has 8 heteroatoms. The smallest absolute Gasteiger partial charge is 0.303 e. The summed E-state index contributed by atoms with van der Waals surface area (Å²) in [6.07, 6.45) is 0. The van der Waals surface area contributed by atoms with E-state index in [1.165, 1.54) is 25.1 Å². The molecule has 0 radical (unpaired) electrons. The van der Waals surface area contributed by atoms with E-state index in [0.717, 1.165) is 4.31 Å². The number of nitrogens with zero attached hydrogens (tertiary/aromatic N) is 1. The second-order valence-electron chi connectivity index (χ2n) is 4.73. The van der Waals surface area contributed by atoms with Crippen LogP contribution in [0.25, 0.3) is 0 Å². The number of nitrogens with one attached hydrogen (secondary N) is 1. The standard InChI is InChI=1S/C13H17FN2O4S/c1-10(11-4-2-3-5-12(11)14)13(17)15-21(18,19)16-6-8-20-9-7-16/h2-5,10H,6-9H2,1H3,(H,15,17). The van der Waals surface area contributed by atoms with Crippen molar-refractivity contribution in [2.75, 3.05) is 26.3 Å². The zero-order valence-corrected chi connectivity index (χ0v) is 12.4. The van der Waals surface area contributed by atoms with Gasteiger partial charge in [0, 0.05) is 13.1 Å². The van der Waals surface area contributed by atoms with Gasteiger partial charge in [-0.1, -0.05) is 18.2 Å². The number of halogens is 1. The van der Waals surface area contributed by atoms with Crippen LogP contribution in [0.1, 0.15) is 18.4 Å². The summed E-state index contributed by atoms with van der Waals surface area (Å²) in [7, 11) is -3.92. The first kappa shape index (κ1) is 15.9. The Bertz CT molecular complexity index is 614. The van der Waals surface area contributed by atoms with Gasteiger partial charge in [0.15, 0.2) is 0 Å². The molecule has 1 fully saturated rings. The van der Waals surface area contributed by atoms with E-state index in [1.807, 2.05) is 4.72 Å². The highest BCUT2D eigenvalue weighted by molar-refractivity contribution is 7.87. The van der Waals surface area contributed by atoms with Gasteiger partial charge in [0.2, 0.25) is 5.91 Å². The molecule has 2 rings (SSSR count). The van der Waals surface area contributed by atoms with Gasteiger partial charge in [-0.2, -0.15) is 12.7 Å². The molecule has 0 spiro atoms. The molecule has 1 aromatic carbocycles. The van der Waals surface area contributed by atoms with Gasteiger partial charge in [0.1, 0.15) is 5.82 Å². The molecular formula is C13H17FN2O4S. The summed E-state index contributed by atoms with van der Waals surface area (Å²) in [5, 5.41) is 0. The van der Waals surface area contributed by atoms with Gasteiger partial charge < -0.3 is 4.74 Å². The predicted molar refractivity (Wildman–Crippen MR) is 74.3 cm³/mol. The first-order valence-electron chi connectivity index (χ1n) is 6.55. The first-order valence-corrected chi connectivity index (χ1v) is 8.00. The number of hydrogen-bond donors (Lipinski definition) is 1. The van der Waals surface area contributed by atoms with Crippen LogP contribution in [0.3, 0.4) is 0 Å². The minimum Gasteiger partial charge on any atom is -0.379 e. The van der Waals surface area contributed by atoms with Gasteiger partial charge in [0.05, 0.1) is 19.1 Å². The fourth-order valence-electron chi connectivity index (χ4n) is 2.03. The fourth-order valence-corrected chi connectivity index (χ4v) is 3.22. The zero-order chi connectivity index (χ0) is 15.5. The van der Waals surface area contributed by atoms with Crippen molar-refractivity contribution in [1.82, 2.24) is 9.03 Å². The van der Waals surface area contributed by atoms with Crippen LogP contribution in [0.15, 0.2) is 24.3 Å². The Hall–Kier alpha value is -1.51. The van der Waals surface area contributed by atoms with Crippen molar-refractivity contribution >= 4 is 16.1 Å². The largest absolute Gasteiger partial charge is 0.379 e. The molecule has 1 unspecified atom stereocenters. The Morgan fingerprint density at radius 1 is 1.33 bits per heavy atom. The van der Waals surface area contributed by atoms with Gasteiger partial charge in [0.25, 0.3) is 0 Å². The van der Waals surface area contributed by atoms with Crippen LogP contribution in [0.2, 0.25) is 0 Å². The quantitative estimate of drug-likeness (QED) is 0.884. The van der Waals surface area contributed by atoms with Crippen LogP contribution >= 0.6 is 0 Å². The Labute approximate surface area is 123 Å². The SMILES string of the molecule is CC(C(=O)NS(=O)(=O)N1CCOCC1)c1ccccc1F. The number of morpholine rings is 1. The summed E-state index contributed by atoms with van der Waals surface area (Å²) in [5.74, 6) is -2.20. The predicted octanol–water partition coefficient (Wildman–Crippen LogP) is 0.622. The lowest BCUT2D eigenvalue weighted by molar-refractivity contribution is -0.120. The number of ether oxygens (including phenoxy) is 1. The molecule has 1 heterocycles. The Balaban J connectivity index is 2.08. The normalized spacial score (nSPS) is 18.2. The summed E-state index contributed by atoms with van der Waals surface area (Å²) in [6.45, 7) is 2.42. The van der Waals surface area contributed by atoms with E-state index in [-0.39, 0.29) is 31.9 Å². The summed E-state index contributed by atoms with van der Waals surface area (Å²) < 4.78 is 45.9. The van der Waals surface area contributed by atoms with Crippen molar-refractivity contribution < 1.29 is 22.3 Å². The molecule has 0 saturated carbocycles. The maximum Gasteiger partial charge on any atom is 0.303 e.